The van der Waals surface area contributed by atoms with Crippen molar-refractivity contribution in [2.45, 2.75) is 26.3 Å². The van der Waals surface area contributed by atoms with Gasteiger partial charge in [0.25, 0.3) is 0 Å². The van der Waals surface area contributed by atoms with Crippen LogP contribution in [0.3, 0.4) is 0 Å². The Hall–Kier alpha value is -1.39. The maximum Gasteiger partial charge on any atom is 0.228 e. The van der Waals surface area contributed by atoms with Crippen LogP contribution in [0.4, 0.5) is 0 Å². The Kier molecular flexibility index (Phi) is 4.33. The van der Waals surface area contributed by atoms with E-state index < -0.39 is 0 Å². The van der Waals surface area contributed by atoms with Gasteiger partial charge in [0.15, 0.2) is 0 Å². The van der Waals surface area contributed by atoms with E-state index in [2.05, 4.69) is 29.3 Å². The smallest absolute Gasteiger partial charge is 0.228 e. The number of halogens is 1. The fraction of sp³-hybridized carbons (Fsp3) is 0.385. The molecule has 0 fully saturated rings. The van der Waals surface area contributed by atoms with Crippen LogP contribution in [0.5, 0.6) is 0 Å². The Morgan fingerprint density at radius 2 is 2.28 bits per heavy atom. The molecule has 0 saturated carbocycles. The van der Waals surface area contributed by atoms with E-state index in [0.29, 0.717) is 22.8 Å². The average molecular weight is 266 g/mol. The maximum atomic E-state index is 5.93. The van der Waals surface area contributed by atoms with Crippen molar-refractivity contribution in [3.63, 3.8) is 0 Å². The number of hydrogen-bond donors (Lipinski definition) is 1. The summed E-state index contributed by atoms with van der Waals surface area (Å²) in [5, 5.41) is 7.94. The fourth-order valence-electron chi connectivity index (χ4n) is 1.77. The van der Waals surface area contributed by atoms with Crippen LogP contribution < -0.4 is 5.32 Å². The molecule has 1 N–H and O–H groups in total. The number of likely N-dealkylation sites (N-methyl/N-ethyl adjacent to an activating group) is 1. The summed E-state index contributed by atoms with van der Waals surface area (Å²) in [6.07, 6.45) is 0.724. The lowest BCUT2D eigenvalue weighted by atomic mass is 10.2. The second-order valence-corrected chi connectivity index (χ2v) is 4.62. The van der Waals surface area contributed by atoms with Crippen LogP contribution in [0.1, 0.15) is 19.7 Å². The summed E-state index contributed by atoms with van der Waals surface area (Å²) in [5.41, 5.74) is 0.869. The zero-order chi connectivity index (χ0) is 13.0. The summed E-state index contributed by atoms with van der Waals surface area (Å²) in [5.74, 6) is 1.22. The van der Waals surface area contributed by atoms with E-state index in [1.807, 2.05) is 24.3 Å². The Balaban J connectivity index is 2.10. The molecule has 0 aliphatic rings. The first kappa shape index (κ1) is 13.1. The highest BCUT2D eigenvalue weighted by Crippen LogP contribution is 2.20. The van der Waals surface area contributed by atoms with Gasteiger partial charge in [-0.15, -0.1) is 0 Å². The normalized spacial score (nSPS) is 12.6. The van der Waals surface area contributed by atoms with E-state index in [0.717, 1.165) is 18.5 Å². The Labute approximate surface area is 111 Å². The number of aromatic nitrogens is 2. The molecule has 2 rings (SSSR count). The van der Waals surface area contributed by atoms with Gasteiger partial charge < -0.3 is 9.84 Å². The second-order valence-electron chi connectivity index (χ2n) is 4.18. The molecule has 1 aromatic heterocycles. The molecule has 0 amide bonds. The third kappa shape index (κ3) is 3.31. The van der Waals surface area contributed by atoms with Crippen LogP contribution in [0.2, 0.25) is 5.02 Å². The number of nitrogens with one attached hydrogen (secondary N) is 1. The molecule has 0 radical (unpaired) electrons. The molecule has 2 aromatic rings. The molecule has 5 heteroatoms. The van der Waals surface area contributed by atoms with Crippen molar-refractivity contribution >= 4 is 11.6 Å². The minimum atomic E-state index is 0.322. The van der Waals surface area contributed by atoms with Gasteiger partial charge in [0.1, 0.15) is 0 Å². The largest absolute Gasteiger partial charge is 0.339 e. The van der Waals surface area contributed by atoms with Gasteiger partial charge in [-0.2, -0.15) is 4.98 Å². The number of rotatable bonds is 5. The van der Waals surface area contributed by atoms with Gasteiger partial charge in [-0.25, -0.2) is 0 Å². The fourth-order valence-corrected chi connectivity index (χ4v) is 1.96. The van der Waals surface area contributed by atoms with Crippen molar-refractivity contribution in [1.82, 2.24) is 15.5 Å². The lowest BCUT2D eigenvalue weighted by molar-refractivity contribution is 0.363. The predicted octanol–water partition coefficient (Wildman–Crippen LogP) is 2.93. The summed E-state index contributed by atoms with van der Waals surface area (Å²) >= 11 is 5.93. The van der Waals surface area contributed by atoms with Gasteiger partial charge in [0.2, 0.25) is 11.7 Å². The first-order valence-corrected chi connectivity index (χ1v) is 6.38. The zero-order valence-electron chi connectivity index (χ0n) is 10.5. The van der Waals surface area contributed by atoms with Crippen molar-refractivity contribution in [3.05, 3.63) is 35.2 Å². The molecule has 0 saturated heterocycles. The quantitative estimate of drug-likeness (QED) is 0.903. The van der Waals surface area contributed by atoms with Gasteiger partial charge in [0, 0.05) is 23.0 Å². The zero-order valence-corrected chi connectivity index (χ0v) is 11.2. The molecule has 0 aliphatic heterocycles. The summed E-state index contributed by atoms with van der Waals surface area (Å²) in [6, 6.07) is 7.74. The monoisotopic (exact) mass is 265 g/mol. The Morgan fingerprint density at radius 1 is 1.44 bits per heavy atom. The predicted molar refractivity (Wildman–Crippen MR) is 71.6 cm³/mol. The Morgan fingerprint density at radius 3 is 3.00 bits per heavy atom. The van der Waals surface area contributed by atoms with Gasteiger partial charge in [-0.05, 0) is 25.6 Å². The first-order chi connectivity index (χ1) is 8.69. The van der Waals surface area contributed by atoms with Crippen LogP contribution in [-0.4, -0.2) is 22.7 Å². The molecular weight excluding hydrogens is 250 g/mol. The molecule has 0 aliphatic carbocycles. The van der Waals surface area contributed by atoms with E-state index >= 15 is 0 Å². The highest BCUT2D eigenvalue weighted by Gasteiger charge is 2.11. The molecule has 1 aromatic carbocycles. The molecular formula is C13H16ClN3O. The molecule has 0 bridgehead atoms. The van der Waals surface area contributed by atoms with E-state index in [9.17, 15) is 0 Å². The van der Waals surface area contributed by atoms with E-state index in [-0.39, 0.29) is 0 Å². The van der Waals surface area contributed by atoms with Crippen molar-refractivity contribution in [2.24, 2.45) is 0 Å². The van der Waals surface area contributed by atoms with Crippen LogP contribution in [0, 0.1) is 0 Å². The third-order valence-electron chi connectivity index (χ3n) is 2.58. The lowest BCUT2D eigenvalue weighted by Crippen LogP contribution is -2.27. The highest BCUT2D eigenvalue weighted by molar-refractivity contribution is 6.30. The minimum Gasteiger partial charge on any atom is -0.339 e. The van der Waals surface area contributed by atoms with E-state index in [1.165, 1.54) is 0 Å². The number of benzene rings is 1. The topological polar surface area (TPSA) is 51.0 Å². The van der Waals surface area contributed by atoms with Crippen molar-refractivity contribution < 1.29 is 4.52 Å². The van der Waals surface area contributed by atoms with Crippen LogP contribution in [0.25, 0.3) is 11.4 Å². The molecule has 0 spiro atoms. The second kappa shape index (κ2) is 5.98. The molecule has 96 valence electrons. The van der Waals surface area contributed by atoms with Crippen molar-refractivity contribution in [2.75, 3.05) is 6.54 Å². The van der Waals surface area contributed by atoms with Crippen LogP contribution in [-0.2, 0) is 6.42 Å². The lowest BCUT2D eigenvalue weighted by Gasteiger charge is -2.07. The molecule has 1 heterocycles. The average Bonchev–Trinajstić information content (AvgIpc) is 2.78. The van der Waals surface area contributed by atoms with Gasteiger partial charge in [0.05, 0.1) is 0 Å². The van der Waals surface area contributed by atoms with Crippen LogP contribution in [0.15, 0.2) is 28.8 Å². The Bertz CT molecular complexity index is 512. The SMILES string of the molecule is CCNC(C)Cc1nc(-c2cccc(Cl)c2)no1. The maximum absolute atomic E-state index is 5.93. The minimum absolute atomic E-state index is 0.322. The molecule has 18 heavy (non-hydrogen) atoms. The van der Waals surface area contributed by atoms with Crippen molar-refractivity contribution in [3.8, 4) is 11.4 Å². The first-order valence-electron chi connectivity index (χ1n) is 6.01. The number of hydrogen-bond acceptors (Lipinski definition) is 4. The summed E-state index contributed by atoms with van der Waals surface area (Å²) in [7, 11) is 0. The van der Waals surface area contributed by atoms with E-state index in [4.69, 9.17) is 16.1 Å². The molecule has 4 nitrogen and oxygen atoms in total. The molecule has 1 atom stereocenters. The summed E-state index contributed by atoms with van der Waals surface area (Å²) < 4.78 is 5.23. The van der Waals surface area contributed by atoms with Crippen LogP contribution >= 0.6 is 11.6 Å². The highest BCUT2D eigenvalue weighted by atomic mass is 35.5. The van der Waals surface area contributed by atoms with Gasteiger partial charge in [-0.3, -0.25) is 0 Å². The van der Waals surface area contributed by atoms with E-state index in [1.54, 1.807) is 0 Å². The standard InChI is InChI=1S/C13H16ClN3O/c1-3-15-9(2)7-12-16-13(17-18-12)10-5-4-6-11(14)8-10/h4-6,8-9,15H,3,7H2,1-2H3. The summed E-state index contributed by atoms with van der Waals surface area (Å²) in [6.45, 7) is 5.09. The molecule has 1 unspecified atom stereocenters. The third-order valence-corrected chi connectivity index (χ3v) is 2.82. The van der Waals surface area contributed by atoms with Crippen molar-refractivity contribution in [1.29, 1.82) is 0 Å². The van der Waals surface area contributed by atoms with Gasteiger partial charge in [-0.1, -0.05) is 35.8 Å². The van der Waals surface area contributed by atoms with Gasteiger partial charge >= 0.3 is 0 Å². The summed E-state index contributed by atoms with van der Waals surface area (Å²) in [4.78, 5) is 4.37. The number of nitrogens with zero attached hydrogens (tertiary/aromatic N) is 2.